The monoisotopic (exact) mass is 483 g/mol. The number of aromatic carboxylic acids is 1. The zero-order chi connectivity index (χ0) is 24.9. The number of hydrogen-bond acceptors (Lipinski definition) is 3. The Morgan fingerprint density at radius 3 is 2.39 bits per heavy atom. The smallest absolute Gasteiger partial charge is 0.335 e. The quantitative estimate of drug-likeness (QED) is 0.358. The number of carboxylic acids is 1. The molecule has 0 unspecified atom stereocenters. The van der Waals surface area contributed by atoms with Crippen molar-refractivity contribution < 1.29 is 14.7 Å². The molecule has 36 heavy (non-hydrogen) atoms. The summed E-state index contributed by atoms with van der Waals surface area (Å²) in [5, 5.41) is 12.2. The molecule has 0 spiro atoms. The Morgan fingerprint density at radius 2 is 1.72 bits per heavy atom. The number of benzene rings is 2. The number of carbonyl (C=O) groups is 2. The number of nitrogens with zero attached hydrogens (tertiary/aromatic N) is 1. The number of anilines is 1. The van der Waals surface area contributed by atoms with Crippen molar-refractivity contribution in [1.82, 2.24) is 9.97 Å². The number of H-pyrrole nitrogens is 1. The van der Waals surface area contributed by atoms with Crippen LogP contribution in [0.2, 0.25) is 0 Å². The van der Waals surface area contributed by atoms with Crippen molar-refractivity contribution in [3.63, 3.8) is 0 Å². The van der Waals surface area contributed by atoms with Crippen LogP contribution in [0.3, 0.4) is 0 Å². The molecule has 3 aromatic rings. The van der Waals surface area contributed by atoms with E-state index in [1.165, 1.54) is 50.7 Å². The van der Waals surface area contributed by atoms with Crippen molar-refractivity contribution in [2.24, 2.45) is 23.2 Å². The van der Waals surface area contributed by atoms with Crippen LogP contribution in [0.5, 0.6) is 0 Å². The molecule has 2 aromatic carbocycles. The summed E-state index contributed by atoms with van der Waals surface area (Å²) in [6.45, 7) is 2.05. The maximum atomic E-state index is 13.4. The van der Waals surface area contributed by atoms with Gasteiger partial charge in [-0.1, -0.05) is 30.3 Å². The Labute approximate surface area is 211 Å². The van der Waals surface area contributed by atoms with E-state index in [1.54, 1.807) is 12.1 Å². The van der Waals surface area contributed by atoms with Gasteiger partial charge in [-0.25, -0.2) is 9.78 Å². The minimum absolute atomic E-state index is 0.137. The molecule has 4 fully saturated rings. The second-order valence-electron chi connectivity index (χ2n) is 11.5. The number of imidazole rings is 1. The molecule has 4 saturated carbocycles. The Hall–Kier alpha value is -3.41. The maximum Gasteiger partial charge on any atom is 0.335 e. The van der Waals surface area contributed by atoms with E-state index >= 15 is 0 Å². The fraction of sp³-hybridized carbons (Fsp3) is 0.433. The third-order valence-electron chi connectivity index (χ3n) is 8.83. The number of rotatable bonds is 7. The van der Waals surface area contributed by atoms with E-state index in [-0.39, 0.29) is 11.5 Å². The summed E-state index contributed by atoms with van der Waals surface area (Å²) >= 11 is 0. The average Bonchev–Trinajstić information content (AvgIpc) is 3.27. The van der Waals surface area contributed by atoms with Crippen molar-refractivity contribution in [2.45, 2.75) is 58.3 Å². The fourth-order valence-corrected chi connectivity index (χ4v) is 7.65. The number of aryl methyl sites for hydroxylation is 2. The molecule has 0 aliphatic heterocycles. The van der Waals surface area contributed by atoms with Gasteiger partial charge in [-0.05, 0) is 105 Å². The summed E-state index contributed by atoms with van der Waals surface area (Å²) < 4.78 is 0. The van der Waals surface area contributed by atoms with Crippen molar-refractivity contribution in [1.29, 1.82) is 0 Å². The van der Waals surface area contributed by atoms with Gasteiger partial charge in [0.2, 0.25) is 0 Å². The molecule has 1 aromatic heterocycles. The highest BCUT2D eigenvalue weighted by atomic mass is 16.4. The van der Waals surface area contributed by atoms with Crippen LogP contribution in [0.1, 0.15) is 77.0 Å². The van der Waals surface area contributed by atoms with Gasteiger partial charge in [0.15, 0.2) is 0 Å². The minimum Gasteiger partial charge on any atom is -0.478 e. The molecule has 6 heteroatoms. The van der Waals surface area contributed by atoms with Crippen LogP contribution < -0.4 is 5.32 Å². The molecule has 7 rings (SSSR count). The van der Waals surface area contributed by atoms with E-state index in [0.29, 0.717) is 22.6 Å². The Kier molecular flexibility index (Phi) is 5.70. The Balaban J connectivity index is 1.29. The second kappa shape index (κ2) is 8.91. The average molecular weight is 484 g/mol. The van der Waals surface area contributed by atoms with Crippen LogP contribution in [0.4, 0.5) is 5.69 Å². The van der Waals surface area contributed by atoms with Gasteiger partial charge in [-0.3, -0.25) is 4.79 Å². The molecule has 1 heterocycles. The molecule has 4 aliphatic carbocycles. The van der Waals surface area contributed by atoms with Crippen molar-refractivity contribution in [3.8, 4) is 11.4 Å². The van der Waals surface area contributed by atoms with Gasteiger partial charge < -0.3 is 15.4 Å². The Morgan fingerprint density at radius 1 is 1.03 bits per heavy atom. The number of amides is 1. The lowest BCUT2D eigenvalue weighted by atomic mass is 9.48. The summed E-state index contributed by atoms with van der Waals surface area (Å²) in [6.07, 6.45) is 10.1. The highest BCUT2D eigenvalue weighted by Gasteiger charge is 2.50. The Bertz CT molecular complexity index is 1290. The van der Waals surface area contributed by atoms with Crippen molar-refractivity contribution in [2.75, 3.05) is 5.32 Å². The number of aromatic nitrogens is 2. The third-order valence-corrected chi connectivity index (χ3v) is 8.83. The van der Waals surface area contributed by atoms with Gasteiger partial charge in [0.1, 0.15) is 11.5 Å². The molecular weight excluding hydrogens is 450 g/mol. The van der Waals surface area contributed by atoms with Crippen LogP contribution >= 0.6 is 0 Å². The first-order valence-electron chi connectivity index (χ1n) is 13.2. The van der Waals surface area contributed by atoms with Crippen LogP contribution in [0, 0.1) is 30.1 Å². The first-order chi connectivity index (χ1) is 17.4. The van der Waals surface area contributed by atoms with Crippen molar-refractivity contribution in [3.05, 3.63) is 71.0 Å². The molecule has 1 amide bonds. The minimum atomic E-state index is -1.02. The van der Waals surface area contributed by atoms with Gasteiger partial charge in [0, 0.05) is 16.9 Å². The van der Waals surface area contributed by atoms with E-state index in [2.05, 4.69) is 10.3 Å². The number of hydrogen-bond donors (Lipinski definition) is 3. The van der Waals surface area contributed by atoms with Gasteiger partial charge in [-0.2, -0.15) is 0 Å². The number of aromatic amines is 1. The summed E-state index contributed by atoms with van der Waals surface area (Å²) in [4.78, 5) is 33.1. The first kappa shape index (κ1) is 23.0. The molecule has 4 aliphatic rings. The lowest BCUT2D eigenvalue weighted by molar-refractivity contribution is -0.0570. The van der Waals surface area contributed by atoms with Gasteiger partial charge in [-0.15, -0.1) is 0 Å². The highest BCUT2D eigenvalue weighted by Crippen LogP contribution is 2.61. The molecule has 4 bridgehead atoms. The van der Waals surface area contributed by atoms with E-state index in [1.807, 2.05) is 31.2 Å². The van der Waals surface area contributed by atoms with E-state index in [4.69, 9.17) is 4.98 Å². The number of carbonyl (C=O) groups excluding carboxylic acids is 1. The van der Waals surface area contributed by atoms with Gasteiger partial charge in [0.05, 0.1) is 5.56 Å². The normalized spacial score (nSPS) is 26.2. The zero-order valence-electron chi connectivity index (χ0n) is 20.7. The van der Waals surface area contributed by atoms with Gasteiger partial charge >= 0.3 is 5.97 Å². The molecule has 6 nitrogen and oxygen atoms in total. The summed E-state index contributed by atoms with van der Waals surface area (Å²) in [7, 11) is 0. The van der Waals surface area contributed by atoms with Crippen LogP contribution in [-0.2, 0) is 6.42 Å². The van der Waals surface area contributed by atoms with E-state index in [9.17, 15) is 14.7 Å². The standard InChI is InChI=1S/C30H33N3O3/c1-18-5-2-3-8-24(18)27-32-25(9-10-30-15-19-11-20(16-30)13-21(12-19)17-30)26(33-27)28(34)31-23-7-4-6-22(14-23)29(35)36/h2-8,14,19-21H,9-13,15-17H2,1H3,(H,31,34)(H,32,33)(H,35,36). The molecule has 0 radical (unpaired) electrons. The van der Waals surface area contributed by atoms with Gasteiger partial charge in [0.25, 0.3) is 5.91 Å². The third kappa shape index (κ3) is 4.34. The number of carboxylic acid groups (broad SMARTS) is 1. The van der Waals surface area contributed by atoms with E-state index < -0.39 is 5.97 Å². The van der Waals surface area contributed by atoms with Crippen molar-refractivity contribution >= 4 is 17.6 Å². The predicted octanol–water partition coefficient (Wildman–Crippen LogP) is 6.48. The lowest BCUT2D eigenvalue weighted by Gasteiger charge is -2.57. The fourth-order valence-electron chi connectivity index (χ4n) is 7.65. The molecule has 3 N–H and O–H groups in total. The zero-order valence-corrected chi connectivity index (χ0v) is 20.7. The maximum absolute atomic E-state index is 13.4. The molecular formula is C30H33N3O3. The summed E-state index contributed by atoms with van der Waals surface area (Å²) in [5.74, 6) is 2.05. The predicted molar refractivity (Wildman–Crippen MR) is 139 cm³/mol. The topological polar surface area (TPSA) is 95.1 Å². The summed E-state index contributed by atoms with van der Waals surface area (Å²) in [6, 6.07) is 14.4. The molecule has 0 atom stereocenters. The highest BCUT2D eigenvalue weighted by molar-refractivity contribution is 6.04. The first-order valence-corrected chi connectivity index (χ1v) is 13.2. The summed E-state index contributed by atoms with van der Waals surface area (Å²) in [5.41, 5.74) is 4.35. The SMILES string of the molecule is Cc1ccccc1-c1nc(C(=O)Nc2cccc(C(=O)O)c2)c(CCC23CC4CC(CC(C4)C2)C3)[nH]1. The largest absolute Gasteiger partial charge is 0.478 e. The van der Waals surface area contributed by atoms with Crippen LogP contribution in [0.15, 0.2) is 48.5 Å². The number of nitrogens with one attached hydrogen (secondary N) is 2. The molecule has 186 valence electrons. The van der Waals surface area contributed by atoms with Crippen LogP contribution in [0.25, 0.3) is 11.4 Å². The second-order valence-corrected chi connectivity index (χ2v) is 11.5. The molecule has 0 saturated heterocycles. The van der Waals surface area contributed by atoms with Crippen LogP contribution in [-0.4, -0.2) is 27.0 Å². The van der Waals surface area contributed by atoms with E-state index in [0.717, 1.165) is 47.4 Å². The lowest BCUT2D eigenvalue weighted by Crippen LogP contribution is -2.46.